The summed E-state index contributed by atoms with van der Waals surface area (Å²) < 4.78 is 12.6. The van der Waals surface area contributed by atoms with Gasteiger partial charge in [0.2, 0.25) is 5.91 Å². The van der Waals surface area contributed by atoms with E-state index in [1.165, 1.54) is 24.3 Å². The third-order valence-corrected chi connectivity index (χ3v) is 1.98. The Balaban J connectivity index is 2.40. The molecule has 0 aliphatic rings. The average molecular weight is 224 g/mol. The maximum atomic E-state index is 12.6. The number of hydrogen-bond donors (Lipinski definition) is 2. The molecule has 0 atom stereocenters. The zero-order chi connectivity index (χ0) is 12.0. The van der Waals surface area contributed by atoms with Crippen LogP contribution in [-0.2, 0) is 16.0 Å². The molecule has 5 heteroatoms. The smallest absolute Gasteiger partial charge is 0.234 e. The van der Waals surface area contributed by atoms with E-state index < -0.39 is 0 Å². The monoisotopic (exact) mass is 224 g/mol. The second-order valence-corrected chi connectivity index (χ2v) is 3.32. The molecule has 0 bridgehead atoms. The van der Waals surface area contributed by atoms with E-state index in [1.54, 1.807) is 0 Å². The van der Waals surface area contributed by atoms with Gasteiger partial charge in [0.1, 0.15) is 5.82 Å². The highest BCUT2D eigenvalue weighted by Crippen LogP contribution is 2.03. The quantitative estimate of drug-likeness (QED) is 0.740. The maximum Gasteiger partial charge on any atom is 0.234 e. The molecule has 0 unspecified atom stereocenters. The molecular formula is C11H13FN2O2. The molecule has 0 aliphatic carbocycles. The molecular weight excluding hydrogens is 211 g/mol. The van der Waals surface area contributed by atoms with E-state index in [0.29, 0.717) is 5.56 Å². The lowest BCUT2D eigenvalue weighted by atomic mass is 10.1. The SMILES string of the molecule is NCC(=O)NCC(=O)Cc1ccc(F)cc1. The molecule has 0 radical (unpaired) electrons. The van der Waals surface area contributed by atoms with Gasteiger partial charge in [-0.15, -0.1) is 0 Å². The topological polar surface area (TPSA) is 72.2 Å². The lowest BCUT2D eigenvalue weighted by Crippen LogP contribution is -2.34. The van der Waals surface area contributed by atoms with Crippen molar-refractivity contribution in [1.29, 1.82) is 0 Å². The molecule has 0 aromatic heterocycles. The van der Waals surface area contributed by atoms with Crippen LogP contribution in [0.15, 0.2) is 24.3 Å². The summed E-state index contributed by atoms with van der Waals surface area (Å²) in [5.41, 5.74) is 5.78. The van der Waals surface area contributed by atoms with Crippen molar-refractivity contribution >= 4 is 11.7 Å². The van der Waals surface area contributed by atoms with Crippen molar-refractivity contribution in [3.8, 4) is 0 Å². The first kappa shape index (κ1) is 12.3. The Bertz CT molecular complexity index is 376. The summed E-state index contributed by atoms with van der Waals surface area (Å²) in [7, 11) is 0. The standard InChI is InChI=1S/C11H13FN2O2/c12-9-3-1-8(2-4-9)5-10(15)7-14-11(16)6-13/h1-4H,5-7,13H2,(H,14,16). The van der Waals surface area contributed by atoms with Gasteiger partial charge >= 0.3 is 0 Å². The molecule has 0 fully saturated rings. The van der Waals surface area contributed by atoms with Crippen LogP contribution in [0.3, 0.4) is 0 Å². The molecule has 0 heterocycles. The van der Waals surface area contributed by atoms with Crippen LogP contribution in [0, 0.1) is 5.82 Å². The number of carbonyl (C=O) groups excluding carboxylic acids is 2. The van der Waals surface area contributed by atoms with Gasteiger partial charge in [0.15, 0.2) is 5.78 Å². The van der Waals surface area contributed by atoms with E-state index in [4.69, 9.17) is 5.73 Å². The molecule has 0 saturated heterocycles. The number of halogens is 1. The first-order valence-corrected chi connectivity index (χ1v) is 4.84. The van der Waals surface area contributed by atoms with E-state index in [1.807, 2.05) is 0 Å². The fraction of sp³-hybridized carbons (Fsp3) is 0.273. The van der Waals surface area contributed by atoms with Crippen molar-refractivity contribution in [3.63, 3.8) is 0 Å². The Morgan fingerprint density at radius 3 is 2.44 bits per heavy atom. The summed E-state index contributed by atoms with van der Waals surface area (Å²) in [6, 6.07) is 5.66. The Morgan fingerprint density at radius 2 is 1.88 bits per heavy atom. The highest BCUT2D eigenvalue weighted by molar-refractivity contribution is 5.87. The van der Waals surface area contributed by atoms with Gasteiger partial charge in [-0.25, -0.2) is 4.39 Å². The fourth-order valence-corrected chi connectivity index (χ4v) is 1.16. The highest BCUT2D eigenvalue weighted by atomic mass is 19.1. The minimum atomic E-state index is -0.368. The molecule has 0 spiro atoms. The Labute approximate surface area is 92.6 Å². The van der Waals surface area contributed by atoms with Crippen molar-refractivity contribution in [1.82, 2.24) is 5.32 Å². The van der Waals surface area contributed by atoms with Crippen LogP contribution in [0.1, 0.15) is 5.56 Å². The predicted molar refractivity (Wildman–Crippen MR) is 57.2 cm³/mol. The van der Waals surface area contributed by atoms with Gasteiger partial charge < -0.3 is 11.1 Å². The molecule has 86 valence electrons. The van der Waals surface area contributed by atoms with E-state index in [9.17, 15) is 14.0 Å². The lowest BCUT2D eigenvalue weighted by Gasteiger charge is -2.03. The van der Waals surface area contributed by atoms with Gasteiger partial charge in [-0.1, -0.05) is 12.1 Å². The van der Waals surface area contributed by atoms with Crippen molar-refractivity contribution in [2.45, 2.75) is 6.42 Å². The van der Waals surface area contributed by atoms with E-state index in [-0.39, 0.29) is 37.0 Å². The number of amides is 1. The average Bonchev–Trinajstić information content (AvgIpc) is 2.29. The van der Waals surface area contributed by atoms with Crippen LogP contribution >= 0.6 is 0 Å². The van der Waals surface area contributed by atoms with Crippen molar-refractivity contribution < 1.29 is 14.0 Å². The van der Waals surface area contributed by atoms with Crippen LogP contribution in [0.5, 0.6) is 0 Å². The first-order chi connectivity index (χ1) is 7.61. The fourth-order valence-electron chi connectivity index (χ4n) is 1.16. The minimum Gasteiger partial charge on any atom is -0.348 e. The second kappa shape index (κ2) is 5.97. The number of hydrogen-bond acceptors (Lipinski definition) is 3. The van der Waals surface area contributed by atoms with Crippen molar-refractivity contribution in [2.24, 2.45) is 5.73 Å². The highest BCUT2D eigenvalue weighted by Gasteiger charge is 2.05. The van der Waals surface area contributed by atoms with Gasteiger partial charge in [0, 0.05) is 6.42 Å². The van der Waals surface area contributed by atoms with Crippen LogP contribution in [0.4, 0.5) is 4.39 Å². The summed E-state index contributed by atoms with van der Waals surface area (Å²) in [6.45, 7) is -0.183. The summed E-state index contributed by atoms with van der Waals surface area (Å²) in [6.07, 6.45) is 0.172. The van der Waals surface area contributed by atoms with Crippen molar-refractivity contribution in [2.75, 3.05) is 13.1 Å². The zero-order valence-corrected chi connectivity index (χ0v) is 8.70. The largest absolute Gasteiger partial charge is 0.348 e. The Kier molecular flexibility index (Phi) is 4.60. The number of rotatable bonds is 5. The van der Waals surface area contributed by atoms with Gasteiger partial charge in [0.25, 0.3) is 0 Å². The molecule has 1 aromatic rings. The van der Waals surface area contributed by atoms with E-state index in [2.05, 4.69) is 5.32 Å². The van der Waals surface area contributed by atoms with E-state index in [0.717, 1.165) is 0 Å². The summed E-state index contributed by atoms with van der Waals surface area (Å²) in [5.74, 6) is -0.853. The van der Waals surface area contributed by atoms with Crippen LogP contribution in [-0.4, -0.2) is 24.8 Å². The minimum absolute atomic E-state index is 0.0482. The molecule has 1 rings (SSSR count). The maximum absolute atomic E-state index is 12.6. The molecule has 4 nitrogen and oxygen atoms in total. The predicted octanol–water partition coefficient (Wildman–Crippen LogP) is 0.0122. The van der Waals surface area contributed by atoms with Crippen LogP contribution in [0.25, 0.3) is 0 Å². The van der Waals surface area contributed by atoms with Gasteiger partial charge in [-0.3, -0.25) is 9.59 Å². The second-order valence-electron chi connectivity index (χ2n) is 3.32. The zero-order valence-electron chi connectivity index (χ0n) is 8.70. The number of ketones is 1. The van der Waals surface area contributed by atoms with Gasteiger partial charge in [-0.2, -0.15) is 0 Å². The number of Topliss-reactive ketones (excluding diaryl/α,β-unsaturated/α-hetero) is 1. The number of benzene rings is 1. The number of nitrogens with one attached hydrogen (secondary N) is 1. The van der Waals surface area contributed by atoms with Crippen molar-refractivity contribution in [3.05, 3.63) is 35.6 Å². The van der Waals surface area contributed by atoms with Gasteiger partial charge in [-0.05, 0) is 17.7 Å². The molecule has 1 aromatic carbocycles. The van der Waals surface area contributed by atoms with Gasteiger partial charge in [0.05, 0.1) is 13.1 Å². The molecule has 16 heavy (non-hydrogen) atoms. The summed E-state index contributed by atoms with van der Waals surface area (Å²) >= 11 is 0. The molecule has 0 saturated carbocycles. The Morgan fingerprint density at radius 1 is 1.25 bits per heavy atom. The first-order valence-electron chi connectivity index (χ1n) is 4.84. The van der Waals surface area contributed by atoms with Crippen LogP contribution < -0.4 is 11.1 Å². The number of carbonyl (C=O) groups is 2. The number of nitrogens with two attached hydrogens (primary N) is 1. The molecule has 1 amide bonds. The van der Waals surface area contributed by atoms with E-state index >= 15 is 0 Å². The Hall–Kier alpha value is -1.75. The lowest BCUT2D eigenvalue weighted by molar-refractivity contribution is -0.124. The van der Waals surface area contributed by atoms with Crippen LogP contribution in [0.2, 0.25) is 0 Å². The molecule has 0 aliphatic heterocycles. The third kappa shape index (κ3) is 4.18. The summed E-state index contributed by atoms with van der Waals surface area (Å²) in [4.78, 5) is 22.1. The third-order valence-electron chi connectivity index (χ3n) is 1.98. The summed E-state index contributed by atoms with van der Waals surface area (Å²) in [5, 5.41) is 2.38. The molecule has 3 N–H and O–H groups in total. The normalized spacial score (nSPS) is 9.88.